The Kier molecular flexibility index (Phi) is 6.09. The first-order valence-corrected chi connectivity index (χ1v) is 8.01. The Morgan fingerprint density at radius 3 is 2.83 bits per heavy atom. The molecule has 0 bridgehead atoms. The molecule has 1 aromatic carbocycles. The molecule has 2 aromatic rings. The minimum Gasteiger partial charge on any atom is -0.480 e. The normalized spacial score (nSPS) is 11.9. The van der Waals surface area contributed by atoms with Crippen LogP contribution >= 0.6 is 22.9 Å². The van der Waals surface area contributed by atoms with Gasteiger partial charge in [-0.2, -0.15) is 0 Å². The number of rotatable bonds is 7. The van der Waals surface area contributed by atoms with Crippen molar-refractivity contribution in [2.24, 2.45) is 0 Å². The summed E-state index contributed by atoms with van der Waals surface area (Å²) in [5.74, 6) is -1.65. The number of nitrogens with one attached hydrogen (secondary N) is 1. The maximum Gasteiger partial charge on any atom is 0.326 e. The van der Waals surface area contributed by atoms with E-state index in [-0.39, 0.29) is 18.7 Å². The third-order valence-electron chi connectivity index (χ3n) is 3.06. The number of methoxy groups -OCH3 is 1. The fourth-order valence-corrected chi connectivity index (χ4v) is 2.98. The number of hydrogen-bond donors (Lipinski definition) is 2. The van der Waals surface area contributed by atoms with Crippen LogP contribution in [0.2, 0.25) is 5.02 Å². The molecule has 8 heteroatoms. The second-order valence-corrected chi connectivity index (χ2v) is 5.93. The quantitative estimate of drug-likeness (QED) is 0.798. The standard InChI is InChI=1S/C15H15ClN2O4S/c1-22-7-6-11(15(20)21)17-13(19)12-8-23-14(18-12)9-4-2-3-5-10(9)16/h2-5,8,11H,6-7H2,1H3,(H,17,19)(H,20,21). The van der Waals surface area contributed by atoms with Gasteiger partial charge in [-0.1, -0.05) is 29.8 Å². The largest absolute Gasteiger partial charge is 0.480 e. The highest BCUT2D eigenvalue weighted by Crippen LogP contribution is 2.30. The van der Waals surface area contributed by atoms with Crippen LogP contribution in [0, 0.1) is 0 Å². The molecule has 2 rings (SSSR count). The molecular formula is C15H15ClN2O4S. The highest BCUT2D eigenvalue weighted by molar-refractivity contribution is 7.13. The lowest BCUT2D eigenvalue weighted by molar-refractivity contribution is -0.139. The Labute approximate surface area is 142 Å². The van der Waals surface area contributed by atoms with Crippen LogP contribution in [-0.4, -0.2) is 41.7 Å². The molecule has 2 N–H and O–H groups in total. The van der Waals surface area contributed by atoms with Gasteiger partial charge in [0.1, 0.15) is 16.7 Å². The van der Waals surface area contributed by atoms with Crippen molar-refractivity contribution in [3.05, 3.63) is 40.4 Å². The van der Waals surface area contributed by atoms with E-state index in [0.29, 0.717) is 10.0 Å². The summed E-state index contributed by atoms with van der Waals surface area (Å²) < 4.78 is 4.84. The number of nitrogens with zero attached hydrogens (tertiary/aromatic N) is 1. The molecular weight excluding hydrogens is 340 g/mol. The van der Waals surface area contributed by atoms with Crippen molar-refractivity contribution in [2.45, 2.75) is 12.5 Å². The molecule has 1 heterocycles. The highest BCUT2D eigenvalue weighted by atomic mass is 35.5. The molecule has 0 spiro atoms. The lowest BCUT2D eigenvalue weighted by atomic mass is 10.2. The lowest BCUT2D eigenvalue weighted by Gasteiger charge is -2.12. The van der Waals surface area contributed by atoms with Gasteiger partial charge in [0.2, 0.25) is 0 Å². The molecule has 0 saturated heterocycles. The Bertz CT molecular complexity index is 704. The van der Waals surface area contributed by atoms with E-state index < -0.39 is 17.9 Å². The molecule has 1 aromatic heterocycles. The summed E-state index contributed by atoms with van der Waals surface area (Å²) in [5.41, 5.74) is 0.890. The van der Waals surface area contributed by atoms with E-state index in [4.69, 9.17) is 21.4 Å². The van der Waals surface area contributed by atoms with Crippen molar-refractivity contribution in [1.82, 2.24) is 10.3 Å². The summed E-state index contributed by atoms with van der Waals surface area (Å²) in [5, 5.41) is 14.3. The third-order valence-corrected chi connectivity index (χ3v) is 4.26. The third kappa shape index (κ3) is 4.51. The fourth-order valence-electron chi connectivity index (χ4n) is 1.86. The van der Waals surface area contributed by atoms with Gasteiger partial charge >= 0.3 is 5.97 Å². The van der Waals surface area contributed by atoms with E-state index >= 15 is 0 Å². The minimum absolute atomic E-state index is 0.161. The summed E-state index contributed by atoms with van der Waals surface area (Å²) >= 11 is 7.38. The van der Waals surface area contributed by atoms with Crippen LogP contribution in [-0.2, 0) is 9.53 Å². The van der Waals surface area contributed by atoms with Gasteiger partial charge in [-0.25, -0.2) is 9.78 Å². The molecule has 0 aliphatic heterocycles. The second kappa shape index (κ2) is 8.05. The Morgan fingerprint density at radius 2 is 2.17 bits per heavy atom. The smallest absolute Gasteiger partial charge is 0.326 e. The zero-order valence-corrected chi connectivity index (χ0v) is 13.9. The number of aliphatic carboxylic acids is 1. The fraction of sp³-hybridized carbons (Fsp3) is 0.267. The summed E-state index contributed by atoms with van der Waals surface area (Å²) in [6.07, 6.45) is 0.180. The van der Waals surface area contributed by atoms with Crippen molar-refractivity contribution >= 4 is 34.8 Å². The van der Waals surface area contributed by atoms with Gasteiger partial charge in [0.15, 0.2) is 0 Å². The number of aromatic nitrogens is 1. The molecule has 1 amide bonds. The van der Waals surface area contributed by atoms with Gasteiger partial charge in [0.05, 0.1) is 5.02 Å². The first kappa shape index (κ1) is 17.4. The highest BCUT2D eigenvalue weighted by Gasteiger charge is 2.22. The zero-order chi connectivity index (χ0) is 16.8. The SMILES string of the molecule is COCCC(NC(=O)c1csc(-c2ccccc2Cl)n1)C(=O)O. The van der Waals surface area contributed by atoms with Gasteiger partial charge in [-0.15, -0.1) is 11.3 Å². The summed E-state index contributed by atoms with van der Waals surface area (Å²) in [6, 6.07) is 6.16. The molecule has 0 aliphatic carbocycles. The van der Waals surface area contributed by atoms with Crippen LogP contribution in [0.3, 0.4) is 0 Å². The topological polar surface area (TPSA) is 88.5 Å². The predicted octanol–water partition coefficient (Wildman–Crippen LogP) is 2.68. The van der Waals surface area contributed by atoms with Gasteiger partial charge in [0.25, 0.3) is 5.91 Å². The van der Waals surface area contributed by atoms with E-state index in [1.54, 1.807) is 17.5 Å². The number of benzene rings is 1. The van der Waals surface area contributed by atoms with Crippen LogP contribution in [0.15, 0.2) is 29.6 Å². The maximum atomic E-state index is 12.1. The molecule has 122 valence electrons. The average molecular weight is 355 g/mol. The van der Waals surface area contributed by atoms with E-state index in [1.165, 1.54) is 18.4 Å². The Balaban J connectivity index is 2.12. The maximum absolute atomic E-state index is 12.1. The van der Waals surface area contributed by atoms with Crippen LogP contribution in [0.25, 0.3) is 10.6 Å². The van der Waals surface area contributed by atoms with Gasteiger partial charge < -0.3 is 15.2 Å². The summed E-state index contributed by atoms with van der Waals surface area (Å²) in [4.78, 5) is 27.5. The second-order valence-electron chi connectivity index (χ2n) is 4.66. The summed E-state index contributed by atoms with van der Waals surface area (Å²) in [6.45, 7) is 0.235. The molecule has 0 saturated carbocycles. The first-order chi connectivity index (χ1) is 11.0. The molecule has 0 radical (unpaired) electrons. The number of carboxylic acids is 1. The Hall–Kier alpha value is -1.96. The number of carboxylic acid groups (broad SMARTS) is 1. The van der Waals surface area contributed by atoms with Crippen LogP contribution < -0.4 is 5.32 Å². The van der Waals surface area contributed by atoms with E-state index in [0.717, 1.165) is 5.56 Å². The first-order valence-electron chi connectivity index (χ1n) is 6.76. The van der Waals surface area contributed by atoms with Gasteiger partial charge in [-0.3, -0.25) is 4.79 Å². The number of thiazole rings is 1. The lowest BCUT2D eigenvalue weighted by Crippen LogP contribution is -2.41. The molecule has 0 fully saturated rings. The number of halogens is 1. The molecule has 6 nitrogen and oxygen atoms in total. The monoisotopic (exact) mass is 354 g/mol. The number of carbonyl (C=O) groups is 2. The van der Waals surface area contributed by atoms with Crippen molar-refractivity contribution in [3.63, 3.8) is 0 Å². The average Bonchev–Trinajstić information content (AvgIpc) is 3.01. The number of ether oxygens (including phenoxy) is 1. The van der Waals surface area contributed by atoms with Crippen molar-refractivity contribution in [2.75, 3.05) is 13.7 Å². The molecule has 1 atom stereocenters. The minimum atomic E-state index is -1.11. The predicted molar refractivity (Wildman–Crippen MR) is 87.9 cm³/mol. The number of hydrogen-bond acceptors (Lipinski definition) is 5. The number of carbonyl (C=O) groups excluding carboxylic acids is 1. The molecule has 23 heavy (non-hydrogen) atoms. The zero-order valence-electron chi connectivity index (χ0n) is 12.3. The van der Waals surface area contributed by atoms with E-state index in [2.05, 4.69) is 10.3 Å². The number of amides is 1. The summed E-state index contributed by atoms with van der Waals surface area (Å²) in [7, 11) is 1.47. The van der Waals surface area contributed by atoms with Gasteiger partial charge in [-0.05, 0) is 6.07 Å². The van der Waals surface area contributed by atoms with Crippen LogP contribution in [0.5, 0.6) is 0 Å². The van der Waals surface area contributed by atoms with Crippen LogP contribution in [0.4, 0.5) is 0 Å². The van der Waals surface area contributed by atoms with E-state index in [9.17, 15) is 9.59 Å². The van der Waals surface area contributed by atoms with E-state index in [1.807, 2.05) is 12.1 Å². The molecule has 1 unspecified atom stereocenters. The van der Waals surface area contributed by atoms with Crippen molar-refractivity contribution in [3.8, 4) is 10.6 Å². The van der Waals surface area contributed by atoms with Crippen molar-refractivity contribution in [1.29, 1.82) is 0 Å². The van der Waals surface area contributed by atoms with Crippen LogP contribution in [0.1, 0.15) is 16.9 Å². The Morgan fingerprint density at radius 1 is 1.43 bits per heavy atom. The van der Waals surface area contributed by atoms with Gasteiger partial charge in [0, 0.05) is 31.1 Å². The molecule has 0 aliphatic rings. The van der Waals surface area contributed by atoms with Crippen molar-refractivity contribution < 1.29 is 19.4 Å².